The molecule has 1 aromatic heterocycles. The van der Waals surface area contributed by atoms with Crippen molar-refractivity contribution in [1.29, 1.82) is 0 Å². The van der Waals surface area contributed by atoms with Crippen LogP contribution < -0.4 is 5.32 Å². The summed E-state index contributed by atoms with van der Waals surface area (Å²) in [6, 6.07) is -1.31. The lowest BCUT2D eigenvalue weighted by Crippen LogP contribution is -2.60. The molecule has 0 bridgehead atoms. The second kappa shape index (κ2) is 10.3. The Kier molecular flexibility index (Phi) is 8.04. The molecule has 0 fully saturated rings. The topological polar surface area (TPSA) is 207 Å². The van der Waals surface area contributed by atoms with Crippen molar-refractivity contribution in [3.63, 3.8) is 0 Å². The summed E-state index contributed by atoms with van der Waals surface area (Å²) in [5, 5.41) is 67.0. The van der Waals surface area contributed by atoms with Crippen molar-refractivity contribution in [3.05, 3.63) is 23.7 Å². The standard InChI is InChI=1S/C16H24N4O9/c21-3-1-2-8-5-20(19-18-8)6-12(25)17-13-9(23)4-11(16(27)28)29-15(13)14(26)10(24)7-22/h4-5,9-10,13-15,21-24,26H,1-3,6-7H2,(H,17,25)(H,27,28)/t9-,10+,13+,14+,15+/m0/s1. The monoisotopic (exact) mass is 416 g/mol. The molecule has 29 heavy (non-hydrogen) atoms. The van der Waals surface area contributed by atoms with Crippen molar-refractivity contribution in [2.75, 3.05) is 13.2 Å². The third kappa shape index (κ3) is 5.95. The Balaban J connectivity index is 2.10. The fraction of sp³-hybridized carbons (Fsp3) is 0.625. The fourth-order valence-corrected chi connectivity index (χ4v) is 2.78. The Bertz CT molecular complexity index is 738. The number of aliphatic hydroxyl groups is 5. The molecule has 0 radical (unpaired) electrons. The van der Waals surface area contributed by atoms with Crippen LogP contribution in [-0.4, -0.2) is 101 Å². The van der Waals surface area contributed by atoms with Gasteiger partial charge < -0.3 is 40.7 Å². The van der Waals surface area contributed by atoms with Crippen LogP contribution in [0.15, 0.2) is 18.0 Å². The quantitative estimate of drug-likeness (QED) is 0.196. The molecule has 2 heterocycles. The minimum Gasteiger partial charge on any atom is -0.478 e. The van der Waals surface area contributed by atoms with E-state index in [9.17, 15) is 24.9 Å². The van der Waals surface area contributed by atoms with E-state index >= 15 is 0 Å². The highest BCUT2D eigenvalue weighted by atomic mass is 16.5. The molecule has 162 valence electrons. The zero-order chi connectivity index (χ0) is 21.6. The molecule has 0 saturated carbocycles. The lowest BCUT2D eigenvalue weighted by atomic mass is 9.94. The number of hydrogen-bond acceptors (Lipinski definition) is 10. The molecular weight excluding hydrogens is 392 g/mol. The fourth-order valence-electron chi connectivity index (χ4n) is 2.78. The second-order valence-corrected chi connectivity index (χ2v) is 6.48. The number of carbonyl (C=O) groups excluding carboxylic acids is 1. The molecule has 1 aliphatic rings. The van der Waals surface area contributed by atoms with E-state index in [2.05, 4.69) is 15.6 Å². The molecule has 7 N–H and O–H groups in total. The molecule has 2 rings (SSSR count). The Morgan fingerprint density at radius 1 is 1.31 bits per heavy atom. The van der Waals surface area contributed by atoms with Gasteiger partial charge in [-0.1, -0.05) is 5.21 Å². The summed E-state index contributed by atoms with van der Waals surface area (Å²) >= 11 is 0. The van der Waals surface area contributed by atoms with Gasteiger partial charge in [-0.05, 0) is 18.9 Å². The lowest BCUT2D eigenvalue weighted by molar-refractivity contribution is -0.149. The Hall–Kier alpha value is -2.58. The summed E-state index contributed by atoms with van der Waals surface area (Å²) < 4.78 is 6.35. The molecule has 0 aliphatic carbocycles. The van der Waals surface area contributed by atoms with E-state index in [1.807, 2.05) is 0 Å². The summed E-state index contributed by atoms with van der Waals surface area (Å²) in [7, 11) is 0. The molecule has 1 amide bonds. The van der Waals surface area contributed by atoms with E-state index in [4.69, 9.17) is 20.1 Å². The van der Waals surface area contributed by atoms with Gasteiger partial charge in [0.2, 0.25) is 11.7 Å². The molecule has 0 spiro atoms. The lowest BCUT2D eigenvalue weighted by Gasteiger charge is -2.38. The van der Waals surface area contributed by atoms with Crippen molar-refractivity contribution < 1.29 is 45.0 Å². The largest absolute Gasteiger partial charge is 0.478 e. The maximum Gasteiger partial charge on any atom is 0.370 e. The predicted molar refractivity (Wildman–Crippen MR) is 93.1 cm³/mol. The summed E-state index contributed by atoms with van der Waals surface area (Å²) in [6.07, 6.45) is -3.24. The molecule has 0 unspecified atom stereocenters. The Labute approximate surface area is 164 Å². The summed E-state index contributed by atoms with van der Waals surface area (Å²) in [5.41, 5.74) is 0.571. The number of carbonyl (C=O) groups is 2. The highest BCUT2D eigenvalue weighted by Gasteiger charge is 2.43. The second-order valence-electron chi connectivity index (χ2n) is 6.48. The number of aliphatic carboxylic acids is 1. The number of hydrogen-bond donors (Lipinski definition) is 7. The Morgan fingerprint density at radius 2 is 2.03 bits per heavy atom. The highest BCUT2D eigenvalue weighted by molar-refractivity contribution is 5.84. The van der Waals surface area contributed by atoms with E-state index < -0.39 is 54.7 Å². The van der Waals surface area contributed by atoms with Crippen LogP contribution in [0.5, 0.6) is 0 Å². The first-order valence-electron chi connectivity index (χ1n) is 8.82. The summed E-state index contributed by atoms with van der Waals surface area (Å²) in [4.78, 5) is 23.5. The average molecular weight is 416 g/mol. The van der Waals surface area contributed by atoms with Crippen LogP contribution in [0, 0.1) is 0 Å². The minimum atomic E-state index is -1.79. The zero-order valence-corrected chi connectivity index (χ0v) is 15.3. The van der Waals surface area contributed by atoms with Crippen LogP contribution in [0.25, 0.3) is 0 Å². The van der Waals surface area contributed by atoms with Gasteiger partial charge in [0.15, 0.2) is 6.10 Å². The molecule has 0 saturated heterocycles. The Morgan fingerprint density at radius 3 is 2.66 bits per heavy atom. The first-order valence-corrected chi connectivity index (χ1v) is 8.82. The third-order valence-electron chi connectivity index (χ3n) is 4.25. The number of aliphatic hydroxyl groups excluding tert-OH is 5. The van der Waals surface area contributed by atoms with Gasteiger partial charge in [-0.2, -0.15) is 0 Å². The van der Waals surface area contributed by atoms with Crippen LogP contribution in [0.3, 0.4) is 0 Å². The van der Waals surface area contributed by atoms with Crippen LogP contribution in [0.1, 0.15) is 12.1 Å². The van der Waals surface area contributed by atoms with Gasteiger partial charge in [0.25, 0.3) is 0 Å². The van der Waals surface area contributed by atoms with Crippen molar-refractivity contribution in [2.45, 2.75) is 49.8 Å². The predicted octanol–water partition coefficient (Wildman–Crippen LogP) is -3.87. The first kappa shape index (κ1) is 22.7. The number of amides is 1. The molecular formula is C16H24N4O9. The number of carboxylic acid groups (broad SMARTS) is 1. The van der Waals surface area contributed by atoms with Crippen molar-refractivity contribution >= 4 is 11.9 Å². The number of nitrogens with one attached hydrogen (secondary N) is 1. The molecule has 5 atom stereocenters. The molecule has 13 nitrogen and oxygen atoms in total. The maximum atomic E-state index is 12.3. The van der Waals surface area contributed by atoms with Crippen LogP contribution in [-0.2, 0) is 27.3 Å². The van der Waals surface area contributed by atoms with E-state index in [0.29, 0.717) is 18.5 Å². The van der Waals surface area contributed by atoms with Gasteiger partial charge >= 0.3 is 5.97 Å². The summed E-state index contributed by atoms with van der Waals surface area (Å²) in [6.45, 7) is -1.15. The van der Waals surface area contributed by atoms with E-state index in [1.165, 1.54) is 10.9 Å². The number of nitrogens with zero attached hydrogens (tertiary/aromatic N) is 3. The van der Waals surface area contributed by atoms with Gasteiger partial charge in [0, 0.05) is 12.8 Å². The molecule has 1 aliphatic heterocycles. The molecule has 1 aromatic rings. The van der Waals surface area contributed by atoms with Gasteiger partial charge in [-0.3, -0.25) is 4.79 Å². The van der Waals surface area contributed by atoms with E-state index in [0.717, 1.165) is 6.08 Å². The first-order chi connectivity index (χ1) is 13.8. The number of aryl methyl sites for hydroxylation is 1. The number of aromatic nitrogens is 3. The van der Waals surface area contributed by atoms with Gasteiger partial charge in [-0.25, -0.2) is 9.48 Å². The zero-order valence-electron chi connectivity index (χ0n) is 15.3. The van der Waals surface area contributed by atoms with Crippen molar-refractivity contribution in [1.82, 2.24) is 20.3 Å². The summed E-state index contributed by atoms with van der Waals surface area (Å²) in [5.74, 6) is -2.83. The van der Waals surface area contributed by atoms with Crippen LogP contribution in [0.2, 0.25) is 0 Å². The van der Waals surface area contributed by atoms with Crippen LogP contribution in [0.4, 0.5) is 0 Å². The van der Waals surface area contributed by atoms with E-state index in [1.54, 1.807) is 0 Å². The maximum absolute atomic E-state index is 12.3. The van der Waals surface area contributed by atoms with Gasteiger partial charge in [0.1, 0.15) is 24.9 Å². The normalized spacial score (nSPS) is 23.6. The number of rotatable bonds is 10. The molecule has 13 heteroatoms. The number of ether oxygens (including phenoxy) is 1. The van der Waals surface area contributed by atoms with Crippen LogP contribution >= 0.6 is 0 Å². The smallest absolute Gasteiger partial charge is 0.370 e. The average Bonchev–Trinajstić information content (AvgIpc) is 3.13. The van der Waals surface area contributed by atoms with Crippen molar-refractivity contribution in [3.8, 4) is 0 Å². The SMILES string of the molecule is O=C(Cn1cc(CCCO)nn1)N[C@H]1[C@H]([C@H](O)[C@H](O)CO)OC(C(=O)O)=C[C@@H]1O. The van der Waals surface area contributed by atoms with Gasteiger partial charge in [-0.15, -0.1) is 5.10 Å². The number of carboxylic acids is 1. The van der Waals surface area contributed by atoms with Crippen molar-refractivity contribution in [2.24, 2.45) is 0 Å². The minimum absolute atomic E-state index is 0.0117. The highest BCUT2D eigenvalue weighted by Crippen LogP contribution is 2.23. The third-order valence-corrected chi connectivity index (χ3v) is 4.25. The van der Waals surface area contributed by atoms with E-state index in [-0.39, 0.29) is 13.2 Å². The molecule has 0 aromatic carbocycles. The van der Waals surface area contributed by atoms with Gasteiger partial charge in [0.05, 0.1) is 18.3 Å².